The van der Waals surface area contributed by atoms with E-state index in [0.29, 0.717) is 0 Å². The Hall–Kier alpha value is -2.62. The van der Waals surface area contributed by atoms with Crippen LogP contribution in [0.2, 0.25) is 0 Å². The molecule has 0 radical (unpaired) electrons. The fourth-order valence-electron chi connectivity index (χ4n) is 2.76. The first kappa shape index (κ1) is 23.7. The first-order valence-electron chi connectivity index (χ1n) is 8.22. The van der Waals surface area contributed by atoms with Crippen molar-refractivity contribution in [1.82, 2.24) is 4.90 Å². The van der Waals surface area contributed by atoms with Gasteiger partial charge in [-0.3, -0.25) is 14.0 Å². The molecule has 2 aromatic carbocycles. The van der Waals surface area contributed by atoms with E-state index in [9.17, 15) is 37.3 Å². The summed E-state index contributed by atoms with van der Waals surface area (Å²) in [7, 11) is -9.52. The number of hydrogen-bond donors (Lipinski definition) is 7. The fourth-order valence-corrected chi connectivity index (χ4v) is 3.92. The summed E-state index contributed by atoms with van der Waals surface area (Å²) >= 11 is 0. The van der Waals surface area contributed by atoms with Crippen LogP contribution in [0.15, 0.2) is 34.1 Å². The Kier molecular flexibility index (Phi) is 6.80. The highest BCUT2D eigenvalue weighted by Gasteiger charge is 2.24. The highest BCUT2D eigenvalue weighted by atomic mass is 32.2. The predicted octanol–water partition coefficient (Wildman–Crippen LogP) is -0.0367. The minimum atomic E-state index is -4.76. The number of phenols is 4. The Labute approximate surface area is 171 Å². The number of aromatic hydroxyl groups is 4. The van der Waals surface area contributed by atoms with E-state index in [2.05, 4.69) is 0 Å². The van der Waals surface area contributed by atoms with Crippen molar-refractivity contribution in [3.63, 3.8) is 0 Å². The van der Waals surface area contributed by atoms with E-state index in [-0.39, 0.29) is 37.3 Å². The van der Waals surface area contributed by atoms with Crippen LogP contribution in [-0.2, 0) is 33.3 Å². The lowest BCUT2D eigenvalue weighted by Gasteiger charge is -2.23. The van der Waals surface area contributed by atoms with E-state index in [0.717, 1.165) is 24.3 Å². The molecule has 0 aliphatic heterocycles. The van der Waals surface area contributed by atoms with Gasteiger partial charge >= 0.3 is 0 Å². The maximum Gasteiger partial charge on any atom is 0.298 e. The third kappa shape index (κ3) is 5.10. The van der Waals surface area contributed by atoms with Gasteiger partial charge in [-0.2, -0.15) is 16.8 Å². The molecule has 30 heavy (non-hydrogen) atoms. The lowest BCUT2D eigenvalue weighted by molar-refractivity contribution is 0.254. The summed E-state index contributed by atoms with van der Waals surface area (Å²) in [6.45, 7) is 0.0808. The molecular weight excluding hydrogens is 444 g/mol. The number of hydrogen-bond acceptors (Lipinski definition) is 10. The number of phenolic OH excluding ortho intramolecular Hbond substituents is 4. The summed E-state index contributed by atoms with van der Waals surface area (Å²) in [5, 5.41) is 39.9. The zero-order chi connectivity index (χ0) is 22.9. The molecule has 0 spiro atoms. The quantitative estimate of drug-likeness (QED) is 0.202. The van der Waals surface area contributed by atoms with Gasteiger partial charge in [-0.1, -0.05) is 12.1 Å². The van der Waals surface area contributed by atoms with Gasteiger partial charge in [0.05, 0.1) is 0 Å². The highest BCUT2D eigenvalue weighted by Crippen LogP contribution is 2.38. The zero-order valence-corrected chi connectivity index (χ0v) is 16.9. The summed E-state index contributed by atoms with van der Waals surface area (Å²) in [6, 6.07) is 4.09. The minimum absolute atomic E-state index is 0.0617. The van der Waals surface area contributed by atoms with Crippen molar-refractivity contribution in [3.05, 3.63) is 35.4 Å². The molecule has 0 aliphatic carbocycles. The van der Waals surface area contributed by atoms with Crippen LogP contribution in [0.3, 0.4) is 0 Å². The number of rotatable bonds is 8. The number of benzene rings is 2. The van der Waals surface area contributed by atoms with Gasteiger partial charge in [0.1, 0.15) is 9.79 Å². The SMILES string of the molecule is NCCN(Cc1ccc(S(=O)(=O)O)c(O)c1O)Cc1ccc(S(=O)(=O)O)c(O)c1O. The maximum absolute atomic E-state index is 11.2. The van der Waals surface area contributed by atoms with Crippen LogP contribution < -0.4 is 5.73 Å². The fraction of sp³-hybridized carbons (Fsp3) is 0.250. The summed E-state index contributed by atoms with van der Waals surface area (Å²) < 4.78 is 62.9. The van der Waals surface area contributed by atoms with Gasteiger partial charge in [0.15, 0.2) is 23.0 Å². The molecule has 0 bridgehead atoms. The van der Waals surface area contributed by atoms with Gasteiger partial charge in [0.25, 0.3) is 20.2 Å². The maximum atomic E-state index is 11.2. The molecule has 0 aliphatic rings. The van der Waals surface area contributed by atoms with Crippen molar-refractivity contribution in [2.24, 2.45) is 5.73 Å². The Morgan fingerprint density at radius 1 is 0.700 bits per heavy atom. The van der Waals surface area contributed by atoms with Crippen LogP contribution in [-0.4, -0.2) is 64.4 Å². The molecule has 0 saturated heterocycles. The Balaban J connectivity index is 2.37. The molecule has 0 saturated carbocycles. The molecule has 166 valence electrons. The molecule has 0 atom stereocenters. The molecule has 0 aromatic heterocycles. The van der Waals surface area contributed by atoms with E-state index < -0.39 is 53.0 Å². The van der Waals surface area contributed by atoms with E-state index in [1.807, 2.05) is 0 Å². The van der Waals surface area contributed by atoms with Gasteiger partial charge in [-0.15, -0.1) is 0 Å². The van der Waals surface area contributed by atoms with Crippen molar-refractivity contribution in [3.8, 4) is 23.0 Å². The second kappa shape index (κ2) is 8.63. The standard InChI is InChI=1S/C16H20N2O10S2/c17-5-6-18(7-9-1-3-11(29(23,24)25)15(21)13(9)19)8-10-2-4-12(30(26,27)28)16(22)14(10)20/h1-4,19-22H,5-8,17H2,(H,23,24,25)(H,26,27,28). The molecule has 0 heterocycles. The minimum Gasteiger partial charge on any atom is -0.504 e. The average molecular weight is 464 g/mol. The van der Waals surface area contributed by atoms with Crippen molar-refractivity contribution in [1.29, 1.82) is 0 Å². The molecule has 2 rings (SSSR count). The molecule has 0 unspecified atom stereocenters. The monoisotopic (exact) mass is 464 g/mol. The summed E-state index contributed by atoms with van der Waals surface area (Å²) in [5.41, 5.74) is 5.67. The van der Waals surface area contributed by atoms with Crippen LogP contribution in [0.5, 0.6) is 23.0 Å². The van der Waals surface area contributed by atoms with E-state index in [4.69, 9.17) is 14.8 Å². The van der Waals surface area contributed by atoms with Gasteiger partial charge < -0.3 is 26.2 Å². The summed E-state index contributed by atoms with van der Waals surface area (Å²) in [4.78, 5) is -0.224. The number of nitrogens with two attached hydrogens (primary N) is 1. The predicted molar refractivity (Wildman–Crippen MR) is 102 cm³/mol. The smallest absolute Gasteiger partial charge is 0.298 e. The second-order valence-corrected chi connectivity index (χ2v) is 9.07. The van der Waals surface area contributed by atoms with Gasteiger partial charge in [0, 0.05) is 37.3 Å². The lowest BCUT2D eigenvalue weighted by Crippen LogP contribution is -2.28. The van der Waals surface area contributed by atoms with Crippen molar-refractivity contribution in [2.45, 2.75) is 22.9 Å². The molecular formula is C16H20N2O10S2. The molecule has 2 aromatic rings. The highest BCUT2D eigenvalue weighted by molar-refractivity contribution is 7.86. The number of nitrogens with zero attached hydrogens (tertiary/aromatic N) is 1. The largest absolute Gasteiger partial charge is 0.504 e. The van der Waals surface area contributed by atoms with Gasteiger partial charge in [-0.05, 0) is 12.1 Å². The Morgan fingerprint density at radius 2 is 1.07 bits per heavy atom. The normalized spacial score (nSPS) is 12.4. The molecule has 12 nitrogen and oxygen atoms in total. The average Bonchev–Trinajstić information content (AvgIpc) is 2.61. The van der Waals surface area contributed by atoms with Crippen LogP contribution in [0.25, 0.3) is 0 Å². The molecule has 8 N–H and O–H groups in total. The van der Waals surface area contributed by atoms with Crippen LogP contribution in [0.4, 0.5) is 0 Å². The topological polar surface area (TPSA) is 219 Å². The third-order valence-corrected chi connectivity index (χ3v) is 5.96. The second-order valence-electron chi connectivity index (χ2n) is 6.29. The third-order valence-electron chi connectivity index (χ3n) is 4.18. The van der Waals surface area contributed by atoms with Crippen LogP contribution in [0.1, 0.15) is 11.1 Å². The lowest BCUT2D eigenvalue weighted by atomic mass is 10.1. The van der Waals surface area contributed by atoms with E-state index in [1.54, 1.807) is 0 Å². The van der Waals surface area contributed by atoms with Crippen molar-refractivity contribution in [2.75, 3.05) is 13.1 Å². The van der Waals surface area contributed by atoms with Gasteiger partial charge in [0.2, 0.25) is 0 Å². The van der Waals surface area contributed by atoms with Crippen LogP contribution >= 0.6 is 0 Å². The summed E-state index contributed by atoms with van der Waals surface area (Å²) in [5.74, 6) is -3.66. The molecule has 14 heteroatoms. The van der Waals surface area contributed by atoms with E-state index in [1.165, 1.54) is 4.90 Å². The Bertz CT molecular complexity index is 1070. The Morgan fingerprint density at radius 3 is 1.37 bits per heavy atom. The first-order chi connectivity index (χ1) is 13.8. The molecule has 0 amide bonds. The summed E-state index contributed by atoms with van der Waals surface area (Å²) in [6.07, 6.45) is 0. The van der Waals surface area contributed by atoms with Crippen molar-refractivity contribution >= 4 is 20.2 Å². The zero-order valence-electron chi connectivity index (χ0n) is 15.3. The van der Waals surface area contributed by atoms with Crippen LogP contribution in [0, 0.1) is 0 Å². The van der Waals surface area contributed by atoms with E-state index >= 15 is 0 Å². The first-order valence-corrected chi connectivity index (χ1v) is 11.1. The molecule has 0 fully saturated rings. The van der Waals surface area contributed by atoms with Gasteiger partial charge in [-0.25, -0.2) is 0 Å². The van der Waals surface area contributed by atoms with Crippen molar-refractivity contribution < 1.29 is 46.4 Å².